The summed E-state index contributed by atoms with van der Waals surface area (Å²) < 4.78 is 0. The molecule has 0 bridgehead atoms. The zero-order chi connectivity index (χ0) is 13.0. The van der Waals surface area contributed by atoms with Crippen LogP contribution in [-0.4, -0.2) is 12.0 Å². The first-order chi connectivity index (χ1) is 8.69. The summed E-state index contributed by atoms with van der Waals surface area (Å²) in [5.74, 6) is 0. The molecule has 2 nitrogen and oxygen atoms in total. The van der Waals surface area contributed by atoms with Gasteiger partial charge in [0, 0.05) is 23.0 Å². The van der Waals surface area contributed by atoms with Crippen LogP contribution in [0, 0.1) is 6.92 Å². The predicted octanol–water partition coefficient (Wildman–Crippen LogP) is 3.55. The molecular formula is C15H17ClN2. The van der Waals surface area contributed by atoms with E-state index in [0.29, 0.717) is 0 Å². The number of aromatic nitrogens is 1. The summed E-state index contributed by atoms with van der Waals surface area (Å²) in [5.41, 5.74) is 3.51. The van der Waals surface area contributed by atoms with Gasteiger partial charge in [0.1, 0.15) is 0 Å². The Morgan fingerprint density at radius 2 is 1.89 bits per heavy atom. The van der Waals surface area contributed by atoms with Gasteiger partial charge in [0.25, 0.3) is 0 Å². The molecule has 94 valence electrons. The maximum atomic E-state index is 5.89. The largest absolute Gasteiger partial charge is 0.313 e. The van der Waals surface area contributed by atoms with Gasteiger partial charge in [0.05, 0.1) is 0 Å². The van der Waals surface area contributed by atoms with E-state index in [-0.39, 0.29) is 6.04 Å². The lowest BCUT2D eigenvalue weighted by molar-refractivity contribution is 0.589. The Bertz CT molecular complexity index is 491. The van der Waals surface area contributed by atoms with Crippen LogP contribution in [0.3, 0.4) is 0 Å². The maximum absolute atomic E-state index is 5.89. The van der Waals surface area contributed by atoms with Crippen molar-refractivity contribution in [2.75, 3.05) is 7.05 Å². The highest BCUT2D eigenvalue weighted by Gasteiger charge is 2.10. The minimum absolute atomic E-state index is 0.277. The van der Waals surface area contributed by atoms with Gasteiger partial charge in [0.15, 0.2) is 0 Å². The Hall–Kier alpha value is -1.38. The second-order valence-electron chi connectivity index (χ2n) is 4.40. The quantitative estimate of drug-likeness (QED) is 0.910. The average molecular weight is 261 g/mol. The van der Waals surface area contributed by atoms with E-state index in [2.05, 4.69) is 28.5 Å². The average Bonchev–Trinajstić information content (AvgIpc) is 2.39. The third-order valence-corrected chi connectivity index (χ3v) is 3.29. The number of pyridine rings is 1. The Morgan fingerprint density at radius 1 is 1.17 bits per heavy atom. The van der Waals surface area contributed by atoms with Gasteiger partial charge in [-0.2, -0.15) is 0 Å². The fourth-order valence-corrected chi connectivity index (χ4v) is 2.05. The molecule has 1 aromatic carbocycles. The first-order valence-electron chi connectivity index (χ1n) is 6.03. The first kappa shape index (κ1) is 13.1. The Labute approximate surface area is 113 Å². The van der Waals surface area contributed by atoms with Crippen molar-refractivity contribution in [1.82, 2.24) is 10.3 Å². The molecule has 0 spiro atoms. The van der Waals surface area contributed by atoms with Crippen molar-refractivity contribution in [1.29, 1.82) is 0 Å². The highest BCUT2D eigenvalue weighted by atomic mass is 35.5. The molecule has 0 aliphatic carbocycles. The number of rotatable bonds is 4. The maximum Gasteiger partial charge on any atom is 0.0406 e. The number of aryl methyl sites for hydroxylation is 1. The van der Waals surface area contributed by atoms with Crippen molar-refractivity contribution < 1.29 is 0 Å². The van der Waals surface area contributed by atoms with Crippen molar-refractivity contribution in [3.8, 4) is 0 Å². The second-order valence-corrected chi connectivity index (χ2v) is 4.84. The van der Waals surface area contributed by atoms with E-state index in [0.717, 1.165) is 17.1 Å². The van der Waals surface area contributed by atoms with Crippen molar-refractivity contribution in [2.24, 2.45) is 0 Å². The third-order valence-electron chi connectivity index (χ3n) is 3.04. The Morgan fingerprint density at radius 3 is 2.44 bits per heavy atom. The molecule has 1 atom stereocenters. The van der Waals surface area contributed by atoms with Gasteiger partial charge in [-0.3, -0.25) is 4.98 Å². The van der Waals surface area contributed by atoms with Crippen molar-refractivity contribution in [2.45, 2.75) is 19.4 Å². The van der Waals surface area contributed by atoms with E-state index in [1.807, 2.05) is 38.4 Å². The molecule has 1 unspecified atom stereocenters. The van der Waals surface area contributed by atoms with E-state index >= 15 is 0 Å². The fourth-order valence-electron chi connectivity index (χ4n) is 1.93. The number of benzene rings is 1. The van der Waals surface area contributed by atoms with Crippen LogP contribution in [0.25, 0.3) is 0 Å². The van der Waals surface area contributed by atoms with Gasteiger partial charge >= 0.3 is 0 Å². The lowest BCUT2D eigenvalue weighted by Gasteiger charge is -2.16. The number of nitrogens with zero attached hydrogens (tertiary/aromatic N) is 1. The molecule has 1 aromatic heterocycles. The van der Waals surface area contributed by atoms with Crippen LogP contribution in [-0.2, 0) is 6.42 Å². The molecule has 0 radical (unpaired) electrons. The molecule has 0 aliphatic rings. The van der Waals surface area contributed by atoms with E-state index in [9.17, 15) is 0 Å². The molecule has 0 saturated heterocycles. The van der Waals surface area contributed by atoms with Crippen LogP contribution in [0.15, 0.2) is 42.6 Å². The second kappa shape index (κ2) is 5.98. The van der Waals surface area contributed by atoms with Crippen molar-refractivity contribution in [3.63, 3.8) is 0 Å². The van der Waals surface area contributed by atoms with E-state index in [1.165, 1.54) is 11.1 Å². The standard InChI is InChI=1S/C15H17ClN2/c1-11-3-6-13(10-18-11)15(17-2)9-12-4-7-14(16)8-5-12/h3-8,10,15,17H,9H2,1-2H3. The van der Waals surface area contributed by atoms with Crippen LogP contribution in [0.1, 0.15) is 22.9 Å². The molecular weight excluding hydrogens is 244 g/mol. The molecule has 1 N–H and O–H groups in total. The third kappa shape index (κ3) is 3.31. The first-order valence-corrected chi connectivity index (χ1v) is 6.41. The van der Waals surface area contributed by atoms with Gasteiger partial charge in [-0.1, -0.05) is 29.8 Å². The molecule has 0 aliphatic heterocycles. The molecule has 2 rings (SSSR count). The lowest BCUT2D eigenvalue weighted by Crippen LogP contribution is -2.19. The summed E-state index contributed by atoms with van der Waals surface area (Å²) in [4.78, 5) is 4.34. The highest BCUT2D eigenvalue weighted by Crippen LogP contribution is 2.19. The lowest BCUT2D eigenvalue weighted by atomic mass is 10.0. The Balaban J connectivity index is 2.14. The minimum atomic E-state index is 0.277. The van der Waals surface area contributed by atoms with Crippen molar-refractivity contribution in [3.05, 3.63) is 64.4 Å². The summed E-state index contributed by atoms with van der Waals surface area (Å²) in [5, 5.41) is 4.10. The van der Waals surface area contributed by atoms with Crippen LogP contribution >= 0.6 is 11.6 Å². The highest BCUT2D eigenvalue weighted by molar-refractivity contribution is 6.30. The molecule has 3 heteroatoms. The smallest absolute Gasteiger partial charge is 0.0406 e. The predicted molar refractivity (Wildman–Crippen MR) is 75.9 cm³/mol. The number of nitrogens with one attached hydrogen (secondary N) is 1. The molecule has 0 fully saturated rings. The number of hydrogen-bond donors (Lipinski definition) is 1. The van der Waals surface area contributed by atoms with Crippen LogP contribution < -0.4 is 5.32 Å². The van der Waals surface area contributed by atoms with Crippen LogP contribution in [0.5, 0.6) is 0 Å². The van der Waals surface area contributed by atoms with E-state index in [4.69, 9.17) is 11.6 Å². The number of halogens is 1. The van der Waals surface area contributed by atoms with E-state index < -0.39 is 0 Å². The van der Waals surface area contributed by atoms with Gasteiger partial charge in [-0.05, 0) is 49.7 Å². The van der Waals surface area contributed by atoms with Crippen molar-refractivity contribution >= 4 is 11.6 Å². The summed E-state index contributed by atoms with van der Waals surface area (Å²) in [6.07, 6.45) is 2.87. The fraction of sp³-hybridized carbons (Fsp3) is 0.267. The zero-order valence-corrected chi connectivity index (χ0v) is 11.4. The van der Waals surface area contributed by atoms with Gasteiger partial charge in [-0.15, -0.1) is 0 Å². The number of likely N-dealkylation sites (N-methyl/N-ethyl adjacent to an activating group) is 1. The van der Waals surface area contributed by atoms with Gasteiger partial charge < -0.3 is 5.32 Å². The summed E-state index contributed by atoms with van der Waals surface area (Å²) >= 11 is 5.89. The van der Waals surface area contributed by atoms with Crippen LogP contribution in [0.2, 0.25) is 5.02 Å². The topological polar surface area (TPSA) is 24.9 Å². The molecule has 0 amide bonds. The zero-order valence-electron chi connectivity index (χ0n) is 10.7. The summed E-state index contributed by atoms with van der Waals surface area (Å²) in [6.45, 7) is 2.00. The number of hydrogen-bond acceptors (Lipinski definition) is 2. The molecule has 2 aromatic rings. The minimum Gasteiger partial charge on any atom is -0.313 e. The van der Waals surface area contributed by atoms with E-state index in [1.54, 1.807) is 0 Å². The monoisotopic (exact) mass is 260 g/mol. The normalized spacial score (nSPS) is 12.4. The van der Waals surface area contributed by atoms with Gasteiger partial charge in [0.2, 0.25) is 0 Å². The van der Waals surface area contributed by atoms with Crippen LogP contribution in [0.4, 0.5) is 0 Å². The molecule has 0 saturated carbocycles. The SMILES string of the molecule is CNC(Cc1ccc(Cl)cc1)c1ccc(C)nc1. The van der Waals surface area contributed by atoms with Gasteiger partial charge in [-0.25, -0.2) is 0 Å². The Kier molecular flexibility index (Phi) is 4.34. The molecule has 1 heterocycles. The summed E-state index contributed by atoms with van der Waals surface area (Å²) in [6, 6.07) is 12.4. The summed E-state index contributed by atoms with van der Waals surface area (Å²) in [7, 11) is 1.97. The molecule has 18 heavy (non-hydrogen) atoms.